The molecule has 7 nitrogen and oxygen atoms in total. The second-order valence-electron chi connectivity index (χ2n) is 1.43. The second-order valence-corrected chi connectivity index (χ2v) is 4.97. The zero-order valence-electron chi connectivity index (χ0n) is 5.78. The Kier molecular flexibility index (Phi) is 10.8. The van der Waals surface area contributed by atoms with Crippen LogP contribution in [0.3, 0.4) is 0 Å². The van der Waals surface area contributed by atoms with E-state index in [9.17, 15) is 28.7 Å². The monoisotopic (exact) mass is 592 g/mol. The minimum Gasteiger partial charge on any atom is -0.809 e. The van der Waals surface area contributed by atoms with E-state index < -0.39 is 20.8 Å². The summed E-state index contributed by atoms with van der Waals surface area (Å²) < 4.78 is 19.3. The van der Waals surface area contributed by atoms with Gasteiger partial charge in [0.25, 0.3) is 0 Å². The molecular formula is CH2Hg2O7P2. The Bertz CT molecular complexity index is 181. The molecular weight excluding hydrogens is 587 g/mol. The molecule has 0 aromatic carbocycles. The van der Waals surface area contributed by atoms with E-state index in [1.165, 1.54) is 0 Å². The van der Waals surface area contributed by atoms with Crippen LogP contribution in [0.15, 0.2) is 0 Å². The first-order valence-electron chi connectivity index (χ1n) is 1.87. The third-order valence-corrected chi connectivity index (χ3v) is 3.39. The first kappa shape index (κ1) is 19.7. The Labute approximate surface area is 109 Å². The third kappa shape index (κ3) is 7.53. The molecule has 0 fully saturated rings. The summed E-state index contributed by atoms with van der Waals surface area (Å²) in [6.07, 6.45) is 0. The van der Waals surface area contributed by atoms with Crippen LogP contribution in [0, 0.1) is 0 Å². The summed E-state index contributed by atoms with van der Waals surface area (Å²) in [6, 6.07) is 0. The maximum atomic E-state index is 9.63. The molecule has 0 saturated heterocycles. The number of aliphatic hydroxyl groups excluding tert-OH is 1. The van der Waals surface area contributed by atoms with Gasteiger partial charge in [-0.25, -0.2) is 0 Å². The number of hydrogen-bond acceptors (Lipinski definition) is 7. The van der Waals surface area contributed by atoms with Crippen LogP contribution >= 0.6 is 15.2 Å². The van der Waals surface area contributed by atoms with Gasteiger partial charge in [0, 0.05) is 0 Å². The third-order valence-electron chi connectivity index (χ3n) is 0.566. The molecule has 62 valence electrons. The largest absolute Gasteiger partial charge is 2.00 e. The van der Waals surface area contributed by atoms with Crippen LogP contribution in [0.2, 0.25) is 0 Å². The molecule has 0 rings (SSSR count). The molecule has 0 spiro atoms. The van der Waals surface area contributed by atoms with E-state index in [0.29, 0.717) is 0 Å². The molecule has 11 heteroatoms. The van der Waals surface area contributed by atoms with Crippen LogP contribution in [0.5, 0.6) is 0 Å². The van der Waals surface area contributed by atoms with Gasteiger partial charge in [0.05, 0.1) is 0 Å². The van der Waals surface area contributed by atoms with Crippen molar-refractivity contribution in [2.45, 2.75) is 5.59 Å². The first-order chi connectivity index (χ1) is 4.15. The molecule has 0 aliphatic heterocycles. The van der Waals surface area contributed by atoms with Gasteiger partial charge >= 0.3 is 55.3 Å². The summed E-state index contributed by atoms with van der Waals surface area (Å²) >= 11 is 0. The summed E-state index contributed by atoms with van der Waals surface area (Å²) in [4.78, 5) is 38.5. The van der Waals surface area contributed by atoms with Crippen LogP contribution in [-0.2, 0) is 64.5 Å². The van der Waals surface area contributed by atoms with Crippen molar-refractivity contribution in [2.24, 2.45) is 0 Å². The first-order valence-corrected chi connectivity index (χ1v) is 5.09. The molecule has 0 bridgehead atoms. The fourth-order valence-electron chi connectivity index (χ4n) is 0.173. The molecule has 12 heavy (non-hydrogen) atoms. The Morgan fingerprint density at radius 1 is 0.917 bits per heavy atom. The zero-order valence-corrected chi connectivity index (χ0v) is 18.6. The van der Waals surface area contributed by atoms with Crippen LogP contribution in [-0.4, -0.2) is 10.7 Å². The van der Waals surface area contributed by atoms with Crippen molar-refractivity contribution in [3.8, 4) is 0 Å². The maximum absolute atomic E-state index is 9.63. The van der Waals surface area contributed by atoms with Crippen molar-refractivity contribution in [3.05, 3.63) is 0 Å². The van der Waals surface area contributed by atoms with E-state index in [2.05, 4.69) is 0 Å². The summed E-state index contributed by atoms with van der Waals surface area (Å²) in [7, 11) is -11.4. The number of rotatable bonds is 2. The van der Waals surface area contributed by atoms with Gasteiger partial charge in [-0.1, -0.05) is 0 Å². The normalized spacial score (nSPS) is 11.8. The number of hydrogen-bond donors (Lipinski definition) is 1. The van der Waals surface area contributed by atoms with E-state index in [-0.39, 0.29) is 55.3 Å². The Balaban J connectivity index is -0.000000405. The topological polar surface area (TPSA) is 147 Å². The summed E-state index contributed by atoms with van der Waals surface area (Å²) in [5, 5.41) is 7.95. The predicted molar refractivity (Wildman–Crippen MR) is 21.2 cm³/mol. The van der Waals surface area contributed by atoms with Crippen LogP contribution in [0.25, 0.3) is 0 Å². The summed E-state index contributed by atoms with van der Waals surface area (Å²) in [6.45, 7) is 0. The van der Waals surface area contributed by atoms with Crippen molar-refractivity contribution < 1.29 is 89.1 Å². The summed E-state index contributed by atoms with van der Waals surface area (Å²) in [5.41, 5.74) is -3.35. The minimum atomic E-state index is -5.71. The van der Waals surface area contributed by atoms with Gasteiger partial charge in [0.1, 0.15) is 5.59 Å². The predicted octanol–water partition coefficient (Wildman–Crippen LogP) is -3.92. The Morgan fingerprint density at radius 3 is 1.08 bits per heavy atom. The SMILES string of the molecule is O=P([O-])([O-])C(O)P(=O)([O-])[O-].[Hg+2].[Hg+2]. The molecule has 0 atom stereocenters. The van der Waals surface area contributed by atoms with Gasteiger partial charge in [-0.15, -0.1) is 0 Å². The molecule has 0 aliphatic carbocycles. The van der Waals surface area contributed by atoms with Crippen molar-refractivity contribution in [1.82, 2.24) is 0 Å². The average Bonchev–Trinajstić information content (AvgIpc) is 1.59. The quantitative estimate of drug-likeness (QED) is 0.256. The van der Waals surface area contributed by atoms with E-state index >= 15 is 0 Å². The maximum Gasteiger partial charge on any atom is 2.00 e. The Morgan fingerprint density at radius 2 is 1.08 bits per heavy atom. The molecule has 1 N–H and O–H groups in total. The van der Waals surface area contributed by atoms with Crippen molar-refractivity contribution in [2.75, 3.05) is 0 Å². The molecule has 0 heterocycles. The van der Waals surface area contributed by atoms with Gasteiger partial charge in [-0.05, 0) is 15.2 Å². The summed E-state index contributed by atoms with van der Waals surface area (Å²) in [5.74, 6) is 0. The molecule has 0 aromatic rings. The average molecular weight is 589 g/mol. The van der Waals surface area contributed by atoms with Gasteiger partial charge < -0.3 is 33.8 Å². The molecule has 0 amide bonds. The van der Waals surface area contributed by atoms with Gasteiger partial charge in [-0.3, -0.25) is 0 Å². The van der Waals surface area contributed by atoms with Gasteiger partial charge in [0.2, 0.25) is 0 Å². The van der Waals surface area contributed by atoms with Gasteiger partial charge in [0.15, 0.2) is 0 Å². The van der Waals surface area contributed by atoms with Crippen LogP contribution in [0.1, 0.15) is 0 Å². The van der Waals surface area contributed by atoms with Crippen LogP contribution < -0.4 is 19.6 Å². The minimum absolute atomic E-state index is 0. The molecule has 0 saturated carbocycles. The fourth-order valence-corrected chi connectivity index (χ4v) is 1.56. The van der Waals surface area contributed by atoms with E-state index in [0.717, 1.165) is 0 Å². The fraction of sp³-hybridized carbons (Fsp3) is 1.00. The Hall–Kier alpha value is 2.13. The van der Waals surface area contributed by atoms with E-state index in [1.807, 2.05) is 0 Å². The van der Waals surface area contributed by atoms with Crippen molar-refractivity contribution in [1.29, 1.82) is 0 Å². The van der Waals surface area contributed by atoms with Crippen molar-refractivity contribution >= 4 is 15.2 Å². The second kappa shape index (κ2) is 6.58. The standard InChI is InChI=1S/CH6O7P2.2Hg/c2-1(9(3,4)5)10(6,7)8;;/h1-2H,(H2,3,4,5)(H2,6,7,8);;/q;2*+2/p-4. The van der Waals surface area contributed by atoms with E-state index in [1.54, 1.807) is 0 Å². The zero-order chi connectivity index (χ0) is 8.58. The molecule has 0 aromatic heterocycles. The number of aliphatic hydroxyl groups is 1. The van der Waals surface area contributed by atoms with Crippen molar-refractivity contribution in [3.63, 3.8) is 0 Å². The molecule has 0 radical (unpaired) electrons. The smallest absolute Gasteiger partial charge is 0.809 e. The van der Waals surface area contributed by atoms with Crippen LogP contribution in [0.4, 0.5) is 0 Å². The molecule has 0 aliphatic rings. The molecule has 0 unspecified atom stereocenters. The van der Waals surface area contributed by atoms with Gasteiger partial charge in [-0.2, -0.15) is 0 Å². The van der Waals surface area contributed by atoms with E-state index in [4.69, 9.17) is 5.11 Å².